The highest BCUT2D eigenvalue weighted by Gasteiger charge is 2.06. The molecule has 0 spiro atoms. The summed E-state index contributed by atoms with van der Waals surface area (Å²) in [7, 11) is 0. The number of para-hydroxylation sites is 1. The zero-order valence-electron chi connectivity index (χ0n) is 13.1. The van der Waals surface area contributed by atoms with Crippen LogP contribution in [0.5, 0.6) is 0 Å². The van der Waals surface area contributed by atoms with E-state index in [0.717, 1.165) is 22.4 Å². The number of hydrogen-bond acceptors (Lipinski definition) is 1. The fourth-order valence-electron chi connectivity index (χ4n) is 2.54. The van der Waals surface area contributed by atoms with Gasteiger partial charge in [-0.15, -0.1) is 0 Å². The van der Waals surface area contributed by atoms with Crippen LogP contribution in [-0.2, 0) is 11.2 Å². The van der Waals surface area contributed by atoms with E-state index in [0.29, 0.717) is 6.42 Å². The fraction of sp³-hybridized carbons (Fsp3) is 0.0952. The summed E-state index contributed by atoms with van der Waals surface area (Å²) >= 11 is 0. The summed E-state index contributed by atoms with van der Waals surface area (Å²) in [6.07, 6.45) is 0.378. The van der Waals surface area contributed by atoms with Crippen molar-refractivity contribution < 1.29 is 4.79 Å². The second kappa shape index (κ2) is 6.93. The average Bonchev–Trinajstić information content (AvgIpc) is 2.58. The molecule has 0 aliphatic heterocycles. The summed E-state index contributed by atoms with van der Waals surface area (Å²) in [4.78, 5) is 12.2. The number of carbonyl (C=O) groups is 1. The van der Waals surface area contributed by atoms with Crippen molar-refractivity contribution in [2.45, 2.75) is 13.3 Å². The van der Waals surface area contributed by atoms with Crippen molar-refractivity contribution in [3.63, 3.8) is 0 Å². The number of hydrogen-bond donors (Lipinski definition) is 1. The van der Waals surface area contributed by atoms with E-state index in [1.54, 1.807) is 0 Å². The molecule has 0 atom stereocenters. The molecule has 114 valence electrons. The predicted molar refractivity (Wildman–Crippen MR) is 95.4 cm³/mol. The largest absolute Gasteiger partial charge is 0.326 e. The van der Waals surface area contributed by atoms with Gasteiger partial charge >= 0.3 is 0 Å². The number of aryl methyl sites for hydroxylation is 1. The first-order chi connectivity index (χ1) is 11.2. The number of anilines is 1. The Hall–Kier alpha value is -2.87. The molecule has 1 N–H and O–H groups in total. The highest BCUT2D eigenvalue weighted by Crippen LogP contribution is 2.20. The maximum Gasteiger partial charge on any atom is 0.228 e. The Bertz CT molecular complexity index is 792. The summed E-state index contributed by atoms with van der Waals surface area (Å²) in [6.45, 7) is 1.99. The number of rotatable bonds is 4. The second-order valence-electron chi connectivity index (χ2n) is 5.60. The van der Waals surface area contributed by atoms with E-state index >= 15 is 0 Å². The molecule has 0 fully saturated rings. The maximum absolute atomic E-state index is 12.2. The maximum atomic E-state index is 12.2. The minimum Gasteiger partial charge on any atom is -0.326 e. The first-order valence-corrected chi connectivity index (χ1v) is 7.72. The summed E-state index contributed by atoms with van der Waals surface area (Å²) in [6, 6.07) is 26.2. The molecule has 3 rings (SSSR count). The molecule has 3 aromatic carbocycles. The van der Waals surface area contributed by atoms with Crippen LogP contribution in [-0.4, -0.2) is 5.91 Å². The average molecular weight is 301 g/mol. The van der Waals surface area contributed by atoms with Crippen molar-refractivity contribution in [2.24, 2.45) is 0 Å². The molecule has 0 aromatic heterocycles. The van der Waals surface area contributed by atoms with Gasteiger partial charge in [-0.2, -0.15) is 0 Å². The van der Waals surface area contributed by atoms with E-state index in [4.69, 9.17) is 0 Å². The van der Waals surface area contributed by atoms with E-state index in [1.807, 2.05) is 61.5 Å². The van der Waals surface area contributed by atoms with Crippen LogP contribution < -0.4 is 5.32 Å². The van der Waals surface area contributed by atoms with Crippen LogP contribution in [0.2, 0.25) is 0 Å². The lowest BCUT2D eigenvalue weighted by Gasteiger charge is -2.08. The normalized spacial score (nSPS) is 10.3. The highest BCUT2D eigenvalue weighted by molar-refractivity contribution is 5.93. The molecule has 3 aromatic rings. The van der Waals surface area contributed by atoms with Gasteiger partial charge in [0.1, 0.15) is 0 Å². The molecule has 23 heavy (non-hydrogen) atoms. The topological polar surface area (TPSA) is 29.1 Å². The van der Waals surface area contributed by atoms with Crippen LogP contribution in [0.15, 0.2) is 78.9 Å². The minimum absolute atomic E-state index is 0.00626. The van der Waals surface area contributed by atoms with Gasteiger partial charge in [0.15, 0.2) is 0 Å². The summed E-state index contributed by atoms with van der Waals surface area (Å²) < 4.78 is 0. The van der Waals surface area contributed by atoms with Crippen LogP contribution in [0.1, 0.15) is 11.1 Å². The number of amides is 1. The molecule has 0 bridgehead atoms. The van der Waals surface area contributed by atoms with Gasteiger partial charge in [0.2, 0.25) is 5.91 Å². The Kier molecular flexibility index (Phi) is 4.53. The quantitative estimate of drug-likeness (QED) is 0.733. The van der Waals surface area contributed by atoms with Gasteiger partial charge in [-0.3, -0.25) is 4.79 Å². The Morgan fingerprint density at radius 3 is 2.09 bits per heavy atom. The number of nitrogens with one attached hydrogen (secondary N) is 1. The predicted octanol–water partition coefficient (Wildman–Crippen LogP) is 4.84. The number of benzene rings is 3. The highest BCUT2D eigenvalue weighted by atomic mass is 16.1. The van der Waals surface area contributed by atoms with E-state index < -0.39 is 0 Å². The Morgan fingerprint density at radius 2 is 1.39 bits per heavy atom. The van der Waals surface area contributed by atoms with Crippen LogP contribution in [0, 0.1) is 6.92 Å². The summed E-state index contributed by atoms with van der Waals surface area (Å²) in [5, 5.41) is 2.97. The number of carbonyl (C=O) groups excluding carboxylic acids is 1. The zero-order valence-corrected chi connectivity index (χ0v) is 13.1. The third-order valence-corrected chi connectivity index (χ3v) is 3.84. The molecule has 0 radical (unpaired) electrons. The van der Waals surface area contributed by atoms with Crippen LogP contribution in [0.3, 0.4) is 0 Å². The van der Waals surface area contributed by atoms with Crippen LogP contribution in [0.25, 0.3) is 11.1 Å². The minimum atomic E-state index is 0.00626. The first-order valence-electron chi connectivity index (χ1n) is 7.72. The molecule has 0 heterocycles. The molecule has 2 heteroatoms. The molecule has 0 saturated heterocycles. The molecular weight excluding hydrogens is 282 g/mol. The Morgan fingerprint density at radius 1 is 0.783 bits per heavy atom. The SMILES string of the molecule is Cc1ccccc1NC(=O)Cc1ccc(-c2ccccc2)cc1. The van der Waals surface area contributed by atoms with Gasteiger partial charge in [0, 0.05) is 5.69 Å². The van der Waals surface area contributed by atoms with Crippen molar-refractivity contribution in [1.29, 1.82) is 0 Å². The van der Waals surface area contributed by atoms with Crippen molar-refractivity contribution in [1.82, 2.24) is 0 Å². The van der Waals surface area contributed by atoms with Crippen LogP contribution in [0.4, 0.5) is 5.69 Å². The monoisotopic (exact) mass is 301 g/mol. The van der Waals surface area contributed by atoms with E-state index in [2.05, 4.69) is 29.6 Å². The molecule has 0 aliphatic rings. The Labute approximate surface area is 136 Å². The summed E-state index contributed by atoms with van der Waals surface area (Å²) in [5.41, 5.74) is 5.30. The van der Waals surface area contributed by atoms with Gasteiger partial charge in [-0.1, -0.05) is 72.8 Å². The molecule has 0 unspecified atom stereocenters. The fourth-order valence-corrected chi connectivity index (χ4v) is 2.54. The zero-order chi connectivity index (χ0) is 16.1. The first kappa shape index (κ1) is 15.0. The molecular formula is C21H19NO. The third kappa shape index (κ3) is 3.86. The van der Waals surface area contributed by atoms with Gasteiger partial charge in [-0.25, -0.2) is 0 Å². The molecule has 2 nitrogen and oxygen atoms in total. The van der Waals surface area contributed by atoms with E-state index in [1.165, 1.54) is 5.56 Å². The smallest absolute Gasteiger partial charge is 0.228 e. The van der Waals surface area contributed by atoms with Gasteiger partial charge in [-0.05, 0) is 35.2 Å². The van der Waals surface area contributed by atoms with Gasteiger partial charge < -0.3 is 5.32 Å². The van der Waals surface area contributed by atoms with Crippen molar-refractivity contribution in [3.05, 3.63) is 90.0 Å². The Balaban J connectivity index is 1.66. The van der Waals surface area contributed by atoms with Crippen molar-refractivity contribution in [3.8, 4) is 11.1 Å². The van der Waals surface area contributed by atoms with Crippen molar-refractivity contribution in [2.75, 3.05) is 5.32 Å². The summed E-state index contributed by atoms with van der Waals surface area (Å²) in [5.74, 6) is 0.00626. The molecule has 1 amide bonds. The van der Waals surface area contributed by atoms with E-state index in [9.17, 15) is 4.79 Å². The van der Waals surface area contributed by atoms with Gasteiger partial charge in [0.05, 0.1) is 6.42 Å². The van der Waals surface area contributed by atoms with Crippen molar-refractivity contribution >= 4 is 11.6 Å². The van der Waals surface area contributed by atoms with Gasteiger partial charge in [0.25, 0.3) is 0 Å². The molecule has 0 aliphatic carbocycles. The lowest BCUT2D eigenvalue weighted by Crippen LogP contribution is -2.15. The lowest BCUT2D eigenvalue weighted by atomic mass is 10.0. The standard InChI is InChI=1S/C21H19NO/c1-16-7-5-6-10-20(16)22-21(23)15-17-11-13-19(14-12-17)18-8-3-2-4-9-18/h2-14H,15H2,1H3,(H,22,23). The lowest BCUT2D eigenvalue weighted by molar-refractivity contribution is -0.115. The second-order valence-corrected chi connectivity index (χ2v) is 5.60. The van der Waals surface area contributed by atoms with E-state index in [-0.39, 0.29) is 5.91 Å². The molecule has 0 saturated carbocycles. The van der Waals surface area contributed by atoms with Crippen LogP contribution >= 0.6 is 0 Å². The third-order valence-electron chi connectivity index (χ3n) is 3.84.